The van der Waals surface area contributed by atoms with Crippen molar-refractivity contribution < 1.29 is 9.66 Å². The summed E-state index contributed by atoms with van der Waals surface area (Å²) < 4.78 is 5.59. The zero-order valence-corrected chi connectivity index (χ0v) is 9.05. The first kappa shape index (κ1) is 10.9. The fourth-order valence-electron chi connectivity index (χ4n) is 1.78. The normalized spacial score (nSPS) is 23.6. The Morgan fingerprint density at radius 3 is 2.75 bits per heavy atom. The Morgan fingerprint density at radius 1 is 1.44 bits per heavy atom. The van der Waals surface area contributed by atoms with Crippen molar-refractivity contribution in [3.05, 3.63) is 34.4 Å². The Balaban J connectivity index is 2.02. The van der Waals surface area contributed by atoms with Gasteiger partial charge in [-0.2, -0.15) is 0 Å². The van der Waals surface area contributed by atoms with Gasteiger partial charge in [0.2, 0.25) is 0 Å². The molecule has 5 heteroatoms. The van der Waals surface area contributed by atoms with Crippen molar-refractivity contribution in [2.75, 3.05) is 7.05 Å². The first-order valence-corrected chi connectivity index (χ1v) is 5.28. The van der Waals surface area contributed by atoms with Crippen LogP contribution in [0.2, 0.25) is 0 Å². The second-order valence-electron chi connectivity index (χ2n) is 3.92. The van der Waals surface area contributed by atoms with Crippen LogP contribution in [0.25, 0.3) is 0 Å². The smallest absolute Gasteiger partial charge is 0.310 e. The molecular weight excluding hydrogens is 208 g/mol. The number of nitro groups is 1. The van der Waals surface area contributed by atoms with Crippen LogP contribution >= 0.6 is 0 Å². The zero-order valence-electron chi connectivity index (χ0n) is 9.05. The minimum atomic E-state index is -0.413. The van der Waals surface area contributed by atoms with Gasteiger partial charge in [-0.1, -0.05) is 12.1 Å². The van der Waals surface area contributed by atoms with E-state index in [0.717, 1.165) is 12.8 Å². The molecule has 0 heterocycles. The van der Waals surface area contributed by atoms with E-state index in [2.05, 4.69) is 5.32 Å². The second kappa shape index (κ2) is 4.49. The lowest BCUT2D eigenvalue weighted by Gasteiger charge is -2.34. The fourth-order valence-corrected chi connectivity index (χ4v) is 1.78. The molecule has 0 radical (unpaired) electrons. The highest BCUT2D eigenvalue weighted by atomic mass is 16.6. The summed E-state index contributed by atoms with van der Waals surface area (Å²) in [5.41, 5.74) is 0.0374. The molecule has 1 aromatic rings. The van der Waals surface area contributed by atoms with Crippen molar-refractivity contribution in [2.24, 2.45) is 0 Å². The van der Waals surface area contributed by atoms with Crippen LogP contribution in [0.3, 0.4) is 0 Å². The van der Waals surface area contributed by atoms with Crippen LogP contribution < -0.4 is 10.1 Å². The fraction of sp³-hybridized carbons (Fsp3) is 0.455. The molecule has 1 N–H and O–H groups in total. The maximum absolute atomic E-state index is 10.7. The number of benzene rings is 1. The van der Waals surface area contributed by atoms with E-state index in [-0.39, 0.29) is 11.8 Å². The van der Waals surface area contributed by atoms with Gasteiger partial charge in [-0.3, -0.25) is 10.1 Å². The van der Waals surface area contributed by atoms with E-state index >= 15 is 0 Å². The molecule has 1 aliphatic rings. The average molecular weight is 222 g/mol. The molecule has 0 saturated heterocycles. The molecule has 1 saturated carbocycles. The highest BCUT2D eigenvalue weighted by Gasteiger charge is 2.31. The van der Waals surface area contributed by atoms with E-state index in [0.29, 0.717) is 11.8 Å². The Labute approximate surface area is 93.6 Å². The van der Waals surface area contributed by atoms with Gasteiger partial charge in [0.15, 0.2) is 5.75 Å². The van der Waals surface area contributed by atoms with Crippen LogP contribution in [0.15, 0.2) is 24.3 Å². The number of hydrogen-bond donors (Lipinski definition) is 1. The molecule has 1 aromatic carbocycles. The first-order chi connectivity index (χ1) is 7.70. The SMILES string of the molecule is CNC1CC(Oc2ccccc2[N+](=O)[O-])C1. The predicted molar refractivity (Wildman–Crippen MR) is 59.6 cm³/mol. The summed E-state index contributed by atoms with van der Waals surface area (Å²) in [4.78, 5) is 10.3. The molecule has 0 spiro atoms. The summed E-state index contributed by atoms with van der Waals surface area (Å²) in [6, 6.07) is 6.97. The molecule has 2 rings (SSSR count). The highest BCUT2D eigenvalue weighted by molar-refractivity contribution is 5.45. The quantitative estimate of drug-likeness (QED) is 0.622. The number of nitro benzene ring substituents is 1. The number of hydrogen-bond acceptors (Lipinski definition) is 4. The lowest BCUT2D eigenvalue weighted by molar-refractivity contribution is -0.386. The molecule has 5 nitrogen and oxygen atoms in total. The van der Waals surface area contributed by atoms with Crippen LogP contribution in [0, 0.1) is 10.1 Å². The maximum Gasteiger partial charge on any atom is 0.310 e. The van der Waals surface area contributed by atoms with Gasteiger partial charge in [-0.05, 0) is 26.0 Å². The zero-order chi connectivity index (χ0) is 11.5. The Kier molecular flexibility index (Phi) is 3.05. The van der Waals surface area contributed by atoms with Crippen LogP contribution in [-0.2, 0) is 0 Å². The first-order valence-electron chi connectivity index (χ1n) is 5.28. The largest absolute Gasteiger partial charge is 0.483 e. The van der Waals surface area contributed by atoms with Crippen LogP contribution in [0.4, 0.5) is 5.69 Å². The number of nitrogens with zero attached hydrogens (tertiary/aromatic N) is 1. The number of rotatable bonds is 4. The van der Waals surface area contributed by atoms with Crippen molar-refractivity contribution in [2.45, 2.75) is 25.0 Å². The minimum Gasteiger partial charge on any atom is -0.483 e. The highest BCUT2D eigenvalue weighted by Crippen LogP contribution is 2.31. The van der Waals surface area contributed by atoms with E-state index in [1.807, 2.05) is 7.05 Å². The van der Waals surface area contributed by atoms with Gasteiger partial charge in [0.25, 0.3) is 0 Å². The third-order valence-electron chi connectivity index (χ3n) is 2.86. The second-order valence-corrected chi connectivity index (χ2v) is 3.92. The number of nitrogens with one attached hydrogen (secondary N) is 1. The molecule has 16 heavy (non-hydrogen) atoms. The monoisotopic (exact) mass is 222 g/mol. The van der Waals surface area contributed by atoms with E-state index in [4.69, 9.17) is 4.74 Å². The standard InChI is InChI=1S/C11H14N2O3/c1-12-8-6-9(7-8)16-11-5-3-2-4-10(11)13(14)15/h2-5,8-9,12H,6-7H2,1H3. The average Bonchev–Trinajstić information content (AvgIpc) is 2.23. The van der Waals surface area contributed by atoms with Crippen molar-refractivity contribution in [3.63, 3.8) is 0 Å². The summed E-state index contributed by atoms with van der Waals surface area (Å²) in [7, 11) is 1.91. The van der Waals surface area contributed by atoms with E-state index in [1.165, 1.54) is 6.07 Å². The van der Waals surface area contributed by atoms with E-state index in [1.54, 1.807) is 18.2 Å². The van der Waals surface area contributed by atoms with Gasteiger partial charge < -0.3 is 10.1 Å². The molecule has 0 aliphatic heterocycles. The molecule has 0 unspecified atom stereocenters. The van der Waals surface area contributed by atoms with Crippen molar-refractivity contribution in [1.82, 2.24) is 5.32 Å². The summed E-state index contributed by atoms with van der Waals surface area (Å²) in [5, 5.41) is 13.9. The third kappa shape index (κ3) is 2.14. The third-order valence-corrected chi connectivity index (χ3v) is 2.86. The molecule has 0 aromatic heterocycles. The summed E-state index contributed by atoms with van der Waals surface area (Å²) >= 11 is 0. The maximum atomic E-state index is 10.7. The van der Waals surface area contributed by atoms with E-state index in [9.17, 15) is 10.1 Å². The van der Waals surface area contributed by atoms with Crippen molar-refractivity contribution >= 4 is 5.69 Å². The van der Waals surface area contributed by atoms with Gasteiger partial charge >= 0.3 is 5.69 Å². The van der Waals surface area contributed by atoms with Crippen LogP contribution in [0.5, 0.6) is 5.75 Å². The Bertz CT molecular complexity index is 389. The molecule has 0 bridgehead atoms. The minimum absolute atomic E-state index is 0.0374. The number of para-hydroxylation sites is 2. The summed E-state index contributed by atoms with van der Waals surface area (Å²) in [6.07, 6.45) is 1.91. The molecule has 0 atom stereocenters. The lowest BCUT2D eigenvalue weighted by atomic mass is 9.89. The Hall–Kier alpha value is -1.62. The predicted octanol–water partition coefficient (Wildman–Crippen LogP) is 1.72. The van der Waals surface area contributed by atoms with Crippen LogP contribution in [-0.4, -0.2) is 24.1 Å². The van der Waals surface area contributed by atoms with Crippen molar-refractivity contribution in [1.29, 1.82) is 0 Å². The lowest BCUT2D eigenvalue weighted by Crippen LogP contribution is -2.45. The van der Waals surface area contributed by atoms with Crippen LogP contribution in [0.1, 0.15) is 12.8 Å². The van der Waals surface area contributed by atoms with Gasteiger partial charge in [0, 0.05) is 12.1 Å². The molecule has 1 fully saturated rings. The molecule has 0 amide bonds. The van der Waals surface area contributed by atoms with Gasteiger partial charge in [0.1, 0.15) is 6.10 Å². The van der Waals surface area contributed by atoms with Gasteiger partial charge in [-0.25, -0.2) is 0 Å². The Morgan fingerprint density at radius 2 is 2.12 bits per heavy atom. The van der Waals surface area contributed by atoms with Gasteiger partial charge in [-0.15, -0.1) is 0 Å². The summed E-state index contributed by atoms with van der Waals surface area (Å²) in [6.45, 7) is 0. The summed E-state index contributed by atoms with van der Waals surface area (Å²) in [5.74, 6) is 0.368. The number of ether oxygens (including phenoxy) is 1. The molecule has 1 aliphatic carbocycles. The molecular formula is C11H14N2O3. The topological polar surface area (TPSA) is 64.4 Å². The van der Waals surface area contributed by atoms with Crippen molar-refractivity contribution in [3.8, 4) is 5.75 Å². The van der Waals surface area contributed by atoms with Gasteiger partial charge in [0.05, 0.1) is 4.92 Å². The molecule has 86 valence electrons. The van der Waals surface area contributed by atoms with E-state index < -0.39 is 4.92 Å².